The number of nitrogens with zero attached hydrogens (tertiary/aromatic N) is 2. The number of ether oxygens (including phenoxy) is 1. The topological polar surface area (TPSA) is 37.4 Å². The Kier molecular flexibility index (Phi) is 6.51. The minimum absolute atomic E-state index is 0.248. The van der Waals surface area contributed by atoms with Gasteiger partial charge in [0.1, 0.15) is 11.9 Å². The van der Waals surface area contributed by atoms with Crippen LogP contribution in [0.25, 0.3) is 5.70 Å². The second kappa shape index (κ2) is 9.20. The van der Waals surface area contributed by atoms with Crippen LogP contribution in [-0.4, -0.2) is 17.6 Å². The largest absolute Gasteiger partial charge is 0.476 e. The van der Waals surface area contributed by atoms with Crippen LogP contribution in [-0.2, 0) is 10.3 Å². The maximum atomic E-state index is 13.3. The maximum Gasteiger partial charge on any atom is 0.189 e. The number of hydrogen-bond donors (Lipinski definition) is 1. The van der Waals surface area contributed by atoms with Crippen LogP contribution in [0.1, 0.15) is 76.8 Å². The number of aromatic nitrogens is 1. The van der Waals surface area contributed by atoms with Gasteiger partial charge in [-0.15, -0.1) is 0 Å². The number of rotatable bonds is 7. The highest BCUT2D eigenvalue weighted by atomic mass is 19.1. The van der Waals surface area contributed by atoms with Crippen molar-refractivity contribution in [2.75, 3.05) is 11.4 Å². The first-order chi connectivity index (χ1) is 15.9. The third-order valence-electron chi connectivity index (χ3n) is 6.51. The van der Waals surface area contributed by atoms with Crippen LogP contribution in [0.4, 0.5) is 10.1 Å². The molecule has 1 aromatic heterocycles. The molecule has 2 aliphatic carbocycles. The molecule has 5 heteroatoms. The van der Waals surface area contributed by atoms with Crippen molar-refractivity contribution in [2.45, 2.75) is 71.4 Å². The summed E-state index contributed by atoms with van der Waals surface area (Å²) in [6.45, 7) is 15.4. The molecule has 2 saturated carbocycles. The average Bonchev–Trinajstić information content (AvgIpc) is 3.73. The average molecular weight is 450 g/mol. The van der Waals surface area contributed by atoms with E-state index in [-0.39, 0.29) is 5.82 Å². The zero-order valence-electron chi connectivity index (χ0n) is 20.5. The van der Waals surface area contributed by atoms with Gasteiger partial charge < -0.3 is 15.0 Å². The van der Waals surface area contributed by atoms with Gasteiger partial charge in [-0.1, -0.05) is 32.6 Å². The van der Waals surface area contributed by atoms with Gasteiger partial charge in [-0.05, 0) is 81.9 Å². The third-order valence-corrected chi connectivity index (χ3v) is 6.51. The van der Waals surface area contributed by atoms with Crippen molar-refractivity contribution in [1.29, 1.82) is 0 Å². The van der Waals surface area contributed by atoms with Crippen molar-refractivity contribution < 1.29 is 9.13 Å². The Morgan fingerprint density at radius 3 is 2.52 bits per heavy atom. The van der Waals surface area contributed by atoms with Crippen LogP contribution in [0.3, 0.4) is 0 Å². The highest BCUT2D eigenvalue weighted by Gasteiger charge is 2.48. The molecule has 0 bridgehead atoms. The van der Waals surface area contributed by atoms with Gasteiger partial charge in [-0.3, -0.25) is 4.98 Å². The molecule has 2 aromatic rings. The number of fused-ring (bicyclic) bond motifs is 3. The summed E-state index contributed by atoms with van der Waals surface area (Å²) in [4.78, 5) is 7.46. The molecule has 0 saturated heterocycles. The molecule has 33 heavy (non-hydrogen) atoms. The third kappa shape index (κ3) is 4.92. The van der Waals surface area contributed by atoms with Crippen LogP contribution in [0.15, 0.2) is 54.9 Å². The summed E-state index contributed by atoms with van der Waals surface area (Å²) in [5.41, 5.74) is 4.54. The molecule has 5 rings (SSSR count). The first-order valence-electron chi connectivity index (χ1n) is 12.2. The van der Waals surface area contributed by atoms with E-state index in [9.17, 15) is 4.39 Å². The van der Waals surface area contributed by atoms with E-state index in [1.165, 1.54) is 29.9 Å². The molecule has 2 atom stereocenters. The molecule has 1 aromatic carbocycles. The smallest absolute Gasteiger partial charge is 0.189 e. The zero-order valence-corrected chi connectivity index (χ0v) is 20.5. The van der Waals surface area contributed by atoms with Crippen molar-refractivity contribution in [2.24, 2.45) is 5.92 Å². The number of halogens is 1. The number of hydrogen-bond acceptors (Lipinski definition) is 4. The number of allylic oxidation sites excluding steroid dienone is 1. The Hall–Kier alpha value is -2.82. The first kappa shape index (κ1) is 23.3. The first-order valence-corrected chi connectivity index (χ1v) is 12.2. The zero-order chi connectivity index (χ0) is 23.8. The summed E-state index contributed by atoms with van der Waals surface area (Å²) >= 11 is 0. The fourth-order valence-electron chi connectivity index (χ4n) is 4.45. The standard InChI is InChI=1S/C26H30FN3O.C2H6/c1-5-24(31-20-10-11-20)30-15-18-14-21(18)25-22(30)12-13-23(28-25)26(3,4)29-16(2)17-6-8-19(27)9-7-17;1-2/h5-9,12-13,18,20-21,29H,2,10-11,14-15H2,1,3-4H3;1-2H3/b24-5+;. The van der Waals surface area contributed by atoms with E-state index in [1.807, 2.05) is 20.8 Å². The summed E-state index contributed by atoms with van der Waals surface area (Å²) in [6.07, 6.45) is 5.95. The van der Waals surface area contributed by atoms with Gasteiger partial charge in [0.2, 0.25) is 0 Å². The van der Waals surface area contributed by atoms with Gasteiger partial charge in [0, 0.05) is 18.2 Å². The van der Waals surface area contributed by atoms with Gasteiger partial charge in [0.25, 0.3) is 0 Å². The van der Waals surface area contributed by atoms with Crippen molar-refractivity contribution in [3.05, 3.63) is 77.7 Å². The minimum atomic E-state index is -0.416. The van der Waals surface area contributed by atoms with Crippen molar-refractivity contribution >= 4 is 11.4 Å². The molecule has 3 aliphatic rings. The van der Waals surface area contributed by atoms with E-state index in [2.05, 4.69) is 48.9 Å². The normalized spacial score (nSPS) is 21.3. The lowest BCUT2D eigenvalue weighted by atomic mass is 9.96. The van der Waals surface area contributed by atoms with Crippen LogP contribution >= 0.6 is 0 Å². The molecule has 2 heterocycles. The highest BCUT2D eigenvalue weighted by molar-refractivity contribution is 5.63. The van der Waals surface area contributed by atoms with Gasteiger partial charge in [0.15, 0.2) is 5.88 Å². The summed E-state index contributed by atoms with van der Waals surface area (Å²) < 4.78 is 19.5. The van der Waals surface area contributed by atoms with Crippen LogP contribution in [0.5, 0.6) is 0 Å². The Balaban J connectivity index is 0.00000126. The van der Waals surface area contributed by atoms with E-state index in [1.54, 1.807) is 12.1 Å². The fraction of sp³-hybridized carbons (Fsp3) is 0.464. The summed E-state index contributed by atoms with van der Waals surface area (Å²) in [5, 5.41) is 3.49. The molecule has 2 fully saturated rings. The minimum Gasteiger partial charge on any atom is -0.476 e. The number of nitrogens with one attached hydrogen (secondary N) is 1. The lowest BCUT2D eigenvalue weighted by Crippen LogP contribution is -2.37. The van der Waals surface area contributed by atoms with Crippen LogP contribution < -0.4 is 10.2 Å². The molecule has 176 valence electrons. The second-order valence-corrected chi connectivity index (χ2v) is 9.49. The number of pyridine rings is 1. The summed E-state index contributed by atoms with van der Waals surface area (Å²) in [6, 6.07) is 10.7. The predicted molar refractivity (Wildman–Crippen MR) is 133 cm³/mol. The molecule has 2 unspecified atom stereocenters. The van der Waals surface area contributed by atoms with Gasteiger partial charge in [-0.25, -0.2) is 4.39 Å². The monoisotopic (exact) mass is 449 g/mol. The summed E-state index contributed by atoms with van der Waals surface area (Å²) in [5.74, 6) is 1.91. The Labute approximate surface area is 197 Å². The van der Waals surface area contributed by atoms with E-state index in [0.717, 1.165) is 42.2 Å². The van der Waals surface area contributed by atoms with Gasteiger partial charge >= 0.3 is 0 Å². The number of anilines is 1. The SMILES string of the molecule is C=C(NC(C)(C)c1ccc2c(n1)C1CC1CN2/C(=C\C)OC1CC1)c1ccc(F)cc1.CC. The Morgan fingerprint density at radius 1 is 1.18 bits per heavy atom. The van der Waals surface area contributed by atoms with E-state index < -0.39 is 5.54 Å². The molecule has 0 amide bonds. The molecular weight excluding hydrogens is 413 g/mol. The van der Waals surface area contributed by atoms with Crippen molar-refractivity contribution in [1.82, 2.24) is 10.3 Å². The summed E-state index contributed by atoms with van der Waals surface area (Å²) in [7, 11) is 0. The van der Waals surface area contributed by atoms with E-state index in [4.69, 9.17) is 9.72 Å². The van der Waals surface area contributed by atoms with Gasteiger partial charge in [0.05, 0.1) is 22.6 Å². The van der Waals surface area contributed by atoms with Crippen molar-refractivity contribution in [3.63, 3.8) is 0 Å². The molecule has 1 aliphatic heterocycles. The van der Waals surface area contributed by atoms with Crippen LogP contribution in [0, 0.1) is 11.7 Å². The fourth-order valence-corrected chi connectivity index (χ4v) is 4.45. The Bertz CT molecular complexity index is 1040. The lowest BCUT2D eigenvalue weighted by Gasteiger charge is -2.34. The second-order valence-electron chi connectivity index (χ2n) is 9.49. The maximum absolute atomic E-state index is 13.3. The lowest BCUT2D eigenvalue weighted by molar-refractivity contribution is 0.186. The molecular formula is C28H36FN3O. The number of benzene rings is 1. The molecule has 0 spiro atoms. The molecule has 4 nitrogen and oxygen atoms in total. The van der Waals surface area contributed by atoms with E-state index >= 15 is 0 Å². The Morgan fingerprint density at radius 2 is 1.88 bits per heavy atom. The highest BCUT2D eigenvalue weighted by Crippen LogP contribution is 2.55. The predicted octanol–water partition coefficient (Wildman–Crippen LogP) is 6.71. The van der Waals surface area contributed by atoms with Gasteiger partial charge in [-0.2, -0.15) is 0 Å². The van der Waals surface area contributed by atoms with E-state index in [0.29, 0.717) is 17.9 Å². The van der Waals surface area contributed by atoms with Crippen molar-refractivity contribution in [3.8, 4) is 0 Å². The molecule has 1 N–H and O–H groups in total. The molecule has 0 radical (unpaired) electrons. The van der Waals surface area contributed by atoms with Crippen LogP contribution in [0.2, 0.25) is 0 Å². The quantitative estimate of drug-likeness (QED) is 0.477.